The van der Waals surface area contributed by atoms with Crippen LogP contribution in [-0.4, -0.2) is 47.1 Å². The third-order valence-electron chi connectivity index (χ3n) is 6.45. The molecule has 1 fully saturated rings. The van der Waals surface area contributed by atoms with Crippen LogP contribution in [-0.2, 0) is 19.6 Å². The molecule has 0 N–H and O–H groups in total. The van der Waals surface area contributed by atoms with E-state index in [1.807, 2.05) is 12.1 Å². The Morgan fingerprint density at radius 1 is 0.912 bits per heavy atom. The number of piperidine rings is 1. The van der Waals surface area contributed by atoms with Crippen molar-refractivity contribution < 1.29 is 18.3 Å². The van der Waals surface area contributed by atoms with Crippen LogP contribution in [0, 0.1) is 11.6 Å². The smallest absolute Gasteiger partial charge is 0.159 e. The van der Waals surface area contributed by atoms with Crippen LogP contribution in [0.2, 0.25) is 0 Å². The molecule has 5 rings (SSSR count). The van der Waals surface area contributed by atoms with Gasteiger partial charge >= 0.3 is 0 Å². The molecular weight excluding hydrogens is 436 g/mol. The van der Waals surface area contributed by atoms with Gasteiger partial charge in [-0.1, -0.05) is 12.1 Å². The van der Waals surface area contributed by atoms with Crippen LogP contribution < -0.4 is 9.47 Å². The van der Waals surface area contributed by atoms with Crippen LogP contribution in [0.25, 0.3) is 0 Å². The molecule has 2 aliphatic heterocycles. The Balaban J connectivity index is 1.18. The van der Waals surface area contributed by atoms with E-state index in [0.717, 1.165) is 61.6 Å². The molecule has 1 saturated heterocycles. The van der Waals surface area contributed by atoms with Gasteiger partial charge in [-0.2, -0.15) is 0 Å². The summed E-state index contributed by atoms with van der Waals surface area (Å²) in [6.45, 7) is 5.42. The predicted octanol–water partition coefficient (Wildman–Crippen LogP) is 4.80. The lowest BCUT2D eigenvalue weighted by Gasteiger charge is -2.32. The van der Waals surface area contributed by atoms with Crippen LogP contribution in [0.5, 0.6) is 11.5 Å². The normalized spacial score (nSPS) is 17.6. The zero-order valence-electron chi connectivity index (χ0n) is 19.1. The summed E-state index contributed by atoms with van der Waals surface area (Å²) in [7, 11) is 0. The Bertz CT molecular complexity index is 1100. The van der Waals surface area contributed by atoms with Crippen LogP contribution in [0.1, 0.15) is 29.5 Å². The lowest BCUT2D eigenvalue weighted by atomic mass is 10.0. The molecule has 0 spiro atoms. The standard InChI is InChI=1S/C27H29F2N3O2/c28-25-5-3-21(15-26(25)29)18-32-12-13-33-27-6-4-20(14-22(27)19-32)17-31-10-7-23(8-11-31)34-24-2-1-9-30-16-24/h1-6,9,14-16,23H,7-8,10-13,17-19H2. The average molecular weight is 466 g/mol. The Morgan fingerprint density at radius 3 is 2.50 bits per heavy atom. The lowest BCUT2D eigenvalue weighted by Crippen LogP contribution is -2.37. The summed E-state index contributed by atoms with van der Waals surface area (Å²) in [4.78, 5) is 8.79. The van der Waals surface area contributed by atoms with Crippen LogP contribution in [0.15, 0.2) is 60.9 Å². The highest BCUT2D eigenvalue weighted by Crippen LogP contribution is 2.27. The molecule has 0 saturated carbocycles. The van der Waals surface area contributed by atoms with Crippen LogP contribution in [0.4, 0.5) is 8.78 Å². The van der Waals surface area contributed by atoms with Gasteiger partial charge < -0.3 is 9.47 Å². The van der Waals surface area contributed by atoms with Gasteiger partial charge in [-0.3, -0.25) is 14.8 Å². The highest BCUT2D eigenvalue weighted by atomic mass is 19.2. The Morgan fingerprint density at radius 2 is 1.71 bits per heavy atom. The minimum Gasteiger partial charge on any atom is -0.492 e. The van der Waals surface area contributed by atoms with Gasteiger partial charge in [0.15, 0.2) is 11.6 Å². The molecule has 0 radical (unpaired) electrons. The molecule has 3 aromatic rings. The fourth-order valence-electron chi connectivity index (χ4n) is 4.68. The van der Waals surface area contributed by atoms with E-state index < -0.39 is 11.6 Å². The summed E-state index contributed by atoms with van der Waals surface area (Å²) in [6, 6.07) is 14.4. The van der Waals surface area contributed by atoms with Gasteiger partial charge in [-0.05, 0) is 60.4 Å². The molecule has 7 heteroatoms. The van der Waals surface area contributed by atoms with Crippen molar-refractivity contribution in [3.63, 3.8) is 0 Å². The van der Waals surface area contributed by atoms with Gasteiger partial charge in [-0.15, -0.1) is 0 Å². The predicted molar refractivity (Wildman–Crippen MR) is 126 cm³/mol. The second kappa shape index (κ2) is 10.5. The van der Waals surface area contributed by atoms with Crippen molar-refractivity contribution in [1.29, 1.82) is 0 Å². The first-order valence-electron chi connectivity index (χ1n) is 11.8. The number of benzene rings is 2. The zero-order valence-corrected chi connectivity index (χ0v) is 19.1. The number of halogens is 2. The van der Waals surface area contributed by atoms with Crippen molar-refractivity contribution in [3.05, 3.63) is 89.2 Å². The quantitative estimate of drug-likeness (QED) is 0.523. The number of pyridine rings is 1. The number of rotatable bonds is 6. The fourth-order valence-corrected chi connectivity index (χ4v) is 4.68. The maximum atomic E-state index is 13.6. The van der Waals surface area contributed by atoms with E-state index in [0.29, 0.717) is 19.7 Å². The number of likely N-dealkylation sites (tertiary alicyclic amines) is 1. The van der Waals surface area contributed by atoms with Crippen molar-refractivity contribution in [2.75, 3.05) is 26.2 Å². The van der Waals surface area contributed by atoms with Crippen molar-refractivity contribution in [3.8, 4) is 11.5 Å². The number of ether oxygens (including phenoxy) is 2. The Labute approximate surface area is 198 Å². The summed E-state index contributed by atoms with van der Waals surface area (Å²) in [5.74, 6) is 0.117. The number of fused-ring (bicyclic) bond motifs is 1. The van der Waals surface area contributed by atoms with Gasteiger partial charge in [-0.25, -0.2) is 8.78 Å². The largest absolute Gasteiger partial charge is 0.492 e. The van der Waals surface area contributed by atoms with Crippen LogP contribution in [0.3, 0.4) is 0 Å². The molecule has 0 bridgehead atoms. The summed E-state index contributed by atoms with van der Waals surface area (Å²) >= 11 is 0. The number of hydrogen-bond donors (Lipinski definition) is 0. The molecule has 5 nitrogen and oxygen atoms in total. The summed E-state index contributed by atoms with van der Waals surface area (Å²) < 4.78 is 38.9. The molecule has 3 heterocycles. The Hall–Kier alpha value is -3.03. The third kappa shape index (κ3) is 5.72. The topological polar surface area (TPSA) is 37.8 Å². The average Bonchev–Trinajstić information content (AvgIpc) is 3.05. The maximum absolute atomic E-state index is 13.6. The minimum atomic E-state index is -0.814. The van der Waals surface area contributed by atoms with Crippen molar-refractivity contribution >= 4 is 0 Å². The second-order valence-corrected chi connectivity index (χ2v) is 9.03. The highest BCUT2D eigenvalue weighted by molar-refractivity contribution is 5.38. The molecule has 2 aromatic carbocycles. The van der Waals surface area contributed by atoms with E-state index in [1.165, 1.54) is 17.7 Å². The first kappa shape index (κ1) is 22.7. The SMILES string of the molecule is Fc1ccc(CN2CCOc3ccc(CN4CCC(Oc5cccnc5)CC4)cc3C2)cc1F. The van der Waals surface area contributed by atoms with E-state index >= 15 is 0 Å². The molecule has 34 heavy (non-hydrogen) atoms. The van der Waals surface area contributed by atoms with Gasteiger partial charge in [0.25, 0.3) is 0 Å². The zero-order chi connectivity index (χ0) is 23.3. The van der Waals surface area contributed by atoms with Crippen molar-refractivity contribution in [1.82, 2.24) is 14.8 Å². The van der Waals surface area contributed by atoms with E-state index in [9.17, 15) is 8.78 Å². The van der Waals surface area contributed by atoms with E-state index in [1.54, 1.807) is 18.5 Å². The molecule has 0 atom stereocenters. The highest BCUT2D eigenvalue weighted by Gasteiger charge is 2.22. The molecular formula is C27H29F2N3O2. The van der Waals surface area contributed by atoms with Gasteiger partial charge in [0.1, 0.15) is 24.2 Å². The van der Waals surface area contributed by atoms with Crippen LogP contribution >= 0.6 is 0 Å². The molecule has 2 aliphatic rings. The molecule has 1 aromatic heterocycles. The van der Waals surface area contributed by atoms with Gasteiger partial charge in [0.05, 0.1) is 6.20 Å². The van der Waals surface area contributed by atoms with Gasteiger partial charge in [0, 0.05) is 51.0 Å². The van der Waals surface area contributed by atoms with E-state index in [4.69, 9.17) is 9.47 Å². The number of hydrogen-bond acceptors (Lipinski definition) is 5. The molecule has 0 unspecified atom stereocenters. The maximum Gasteiger partial charge on any atom is 0.159 e. The summed E-state index contributed by atoms with van der Waals surface area (Å²) in [5.41, 5.74) is 3.14. The van der Waals surface area contributed by atoms with E-state index in [-0.39, 0.29) is 6.10 Å². The third-order valence-corrected chi connectivity index (χ3v) is 6.45. The molecule has 0 aliphatic carbocycles. The minimum absolute atomic E-state index is 0.228. The fraction of sp³-hybridized carbons (Fsp3) is 0.370. The molecule has 0 amide bonds. The summed E-state index contributed by atoms with van der Waals surface area (Å²) in [5, 5.41) is 0. The van der Waals surface area contributed by atoms with E-state index in [2.05, 4.69) is 33.0 Å². The summed E-state index contributed by atoms with van der Waals surface area (Å²) in [6.07, 6.45) is 5.73. The van der Waals surface area contributed by atoms with Crippen molar-refractivity contribution in [2.24, 2.45) is 0 Å². The van der Waals surface area contributed by atoms with Gasteiger partial charge in [0.2, 0.25) is 0 Å². The van der Waals surface area contributed by atoms with Crippen molar-refractivity contribution in [2.45, 2.75) is 38.6 Å². The number of nitrogens with zero attached hydrogens (tertiary/aromatic N) is 3. The molecule has 178 valence electrons. The second-order valence-electron chi connectivity index (χ2n) is 9.03. The first-order valence-corrected chi connectivity index (χ1v) is 11.8. The first-order chi connectivity index (χ1) is 16.6. The monoisotopic (exact) mass is 465 g/mol. The number of aromatic nitrogens is 1. The Kier molecular flexibility index (Phi) is 7.02. The lowest BCUT2D eigenvalue weighted by molar-refractivity contribution is 0.0965.